The quantitative estimate of drug-likeness (QED) is 0.588. The van der Waals surface area contributed by atoms with Crippen LogP contribution in [0.25, 0.3) is 0 Å². The van der Waals surface area contributed by atoms with Crippen molar-refractivity contribution in [1.82, 2.24) is 0 Å². The maximum Gasteiger partial charge on any atom is 0.418 e. The zero-order valence-corrected chi connectivity index (χ0v) is 11.7. The smallest absolute Gasteiger partial charge is 0.268 e. The number of imide groups is 1. The summed E-state index contributed by atoms with van der Waals surface area (Å²) in [4.78, 5) is 25.1. The summed E-state index contributed by atoms with van der Waals surface area (Å²) in [5.74, 6) is -2.78. The highest BCUT2D eigenvalue weighted by atomic mass is 19.4. The molecule has 2 aromatic rings. The number of anilines is 1. The molecule has 0 fully saturated rings. The van der Waals surface area contributed by atoms with E-state index in [2.05, 4.69) is 0 Å². The van der Waals surface area contributed by atoms with Crippen molar-refractivity contribution in [3.05, 3.63) is 64.5 Å². The number of halogens is 4. The summed E-state index contributed by atoms with van der Waals surface area (Å²) < 4.78 is 53.5. The summed E-state index contributed by atoms with van der Waals surface area (Å²) in [7, 11) is 0. The molecule has 1 aliphatic heterocycles. The number of rotatable bonds is 1. The number of carbonyl (C=O) groups excluding carboxylic acids is 2. The van der Waals surface area contributed by atoms with Crippen LogP contribution in [-0.4, -0.2) is 11.8 Å². The minimum Gasteiger partial charge on any atom is -0.268 e. The average molecular weight is 323 g/mol. The molecule has 0 aromatic heterocycles. The third kappa shape index (κ3) is 2.19. The van der Waals surface area contributed by atoms with Crippen molar-refractivity contribution in [3.63, 3.8) is 0 Å². The van der Waals surface area contributed by atoms with Gasteiger partial charge in [0.15, 0.2) is 0 Å². The van der Waals surface area contributed by atoms with E-state index in [0.717, 1.165) is 19.1 Å². The Kier molecular flexibility index (Phi) is 3.24. The Balaban J connectivity index is 2.24. The van der Waals surface area contributed by atoms with Crippen molar-refractivity contribution in [2.75, 3.05) is 4.90 Å². The largest absolute Gasteiger partial charge is 0.418 e. The van der Waals surface area contributed by atoms with Crippen molar-refractivity contribution in [3.8, 4) is 0 Å². The number of hydrogen-bond acceptors (Lipinski definition) is 2. The number of hydrogen-bond donors (Lipinski definition) is 0. The van der Waals surface area contributed by atoms with Crippen molar-refractivity contribution in [1.29, 1.82) is 0 Å². The fourth-order valence-electron chi connectivity index (χ4n) is 2.62. The number of fused-ring (bicyclic) bond motifs is 1. The van der Waals surface area contributed by atoms with Crippen LogP contribution >= 0.6 is 0 Å². The molecular weight excluding hydrogens is 314 g/mol. The summed E-state index contributed by atoms with van der Waals surface area (Å²) in [5, 5.41) is 0. The summed E-state index contributed by atoms with van der Waals surface area (Å²) in [6.45, 7) is 0.958. The molecule has 3 nitrogen and oxygen atoms in total. The van der Waals surface area contributed by atoms with Crippen molar-refractivity contribution >= 4 is 17.5 Å². The van der Waals surface area contributed by atoms with Crippen LogP contribution in [0, 0.1) is 12.7 Å². The Morgan fingerprint density at radius 2 is 1.43 bits per heavy atom. The van der Waals surface area contributed by atoms with Gasteiger partial charge in [0.2, 0.25) is 0 Å². The fourth-order valence-corrected chi connectivity index (χ4v) is 2.62. The SMILES string of the molecule is Cc1c(F)ccc(N2C(=O)c3ccccc3C2=O)c1C(F)(F)F. The lowest BCUT2D eigenvalue weighted by Gasteiger charge is -2.21. The highest BCUT2D eigenvalue weighted by Gasteiger charge is 2.43. The Labute approximate surface area is 128 Å². The molecule has 0 N–H and O–H groups in total. The van der Waals surface area contributed by atoms with E-state index >= 15 is 0 Å². The third-order valence-corrected chi connectivity index (χ3v) is 3.70. The second kappa shape index (κ2) is 4.91. The Morgan fingerprint density at radius 3 is 1.91 bits per heavy atom. The van der Waals surface area contributed by atoms with Crippen LogP contribution in [0.15, 0.2) is 36.4 Å². The number of carbonyl (C=O) groups is 2. The lowest BCUT2D eigenvalue weighted by atomic mass is 10.0. The summed E-state index contributed by atoms with van der Waals surface area (Å²) in [6.07, 6.45) is -4.91. The van der Waals surface area contributed by atoms with E-state index < -0.39 is 40.6 Å². The summed E-state index contributed by atoms with van der Waals surface area (Å²) in [5.41, 5.74) is -2.61. The van der Waals surface area contributed by atoms with Gasteiger partial charge in [0.25, 0.3) is 11.8 Å². The molecule has 0 spiro atoms. The maximum absolute atomic E-state index is 13.5. The molecule has 0 bridgehead atoms. The predicted molar refractivity (Wildman–Crippen MR) is 73.7 cm³/mol. The molecule has 0 radical (unpaired) electrons. The first kappa shape index (κ1) is 15.2. The van der Waals surface area contributed by atoms with Gasteiger partial charge in [-0.05, 0) is 36.8 Å². The predicted octanol–water partition coefficient (Wildman–Crippen LogP) is 3.95. The highest BCUT2D eigenvalue weighted by molar-refractivity contribution is 6.34. The zero-order valence-electron chi connectivity index (χ0n) is 11.7. The molecule has 7 heteroatoms. The standard InChI is InChI=1S/C16H9F4NO2/c1-8-11(17)6-7-12(13(8)16(18,19)20)21-14(22)9-4-2-3-5-10(9)15(21)23/h2-7H,1H3. The zero-order chi connectivity index (χ0) is 16.9. The van der Waals surface area contributed by atoms with Gasteiger partial charge in [-0.2, -0.15) is 13.2 Å². The van der Waals surface area contributed by atoms with Gasteiger partial charge < -0.3 is 0 Å². The lowest BCUT2D eigenvalue weighted by molar-refractivity contribution is -0.137. The monoisotopic (exact) mass is 323 g/mol. The molecule has 118 valence electrons. The minimum atomic E-state index is -4.91. The Morgan fingerprint density at radius 1 is 0.913 bits per heavy atom. The van der Waals surface area contributed by atoms with Gasteiger partial charge in [0.05, 0.1) is 22.4 Å². The van der Waals surface area contributed by atoms with Crippen molar-refractivity contribution in [2.24, 2.45) is 0 Å². The molecule has 2 amide bonds. The molecular formula is C16H9F4NO2. The number of nitrogens with zero attached hydrogens (tertiary/aromatic N) is 1. The molecule has 0 atom stereocenters. The van der Waals surface area contributed by atoms with Gasteiger partial charge in [-0.3, -0.25) is 9.59 Å². The Hall–Kier alpha value is -2.70. The number of benzene rings is 2. The van der Waals surface area contributed by atoms with Gasteiger partial charge in [0, 0.05) is 0 Å². The van der Waals surface area contributed by atoms with Gasteiger partial charge in [-0.1, -0.05) is 12.1 Å². The van der Waals surface area contributed by atoms with E-state index in [1.807, 2.05) is 0 Å². The minimum absolute atomic E-state index is 0.0209. The number of alkyl halides is 3. The normalized spacial score (nSPS) is 14.4. The highest BCUT2D eigenvalue weighted by Crippen LogP contribution is 2.42. The molecule has 1 heterocycles. The second-order valence-electron chi connectivity index (χ2n) is 5.06. The molecule has 23 heavy (non-hydrogen) atoms. The number of amides is 2. The maximum atomic E-state index is 13.5. The fraction of sp³-hybridized carbons (Fsp3) is 0.125. The van der Waals surface area contributed by atoms with Crippen LogP contribution in [0.5, 0.6) is 0 Å². The molecule has 1 aliphatic rings. The summed E-state index contributed by atoms with van der Waals surface area (Å²) >= 11 is 0. The molecule has 0 aliphatic carbocycles. The second-order valence-corrected chi connectivity index (χ2v) is 5.06. The Bertz CT molecular complexity index is 807. The van der Waals surface area contributed by atoms with E-state index in [4.69, 9.17) is 0 Å². The first-order valence-electron chi connectivity index (χ1n) is 6.57. The van der Waals surface area contributed by atoms with Crippen molar-refractivity contribution < 1.29 is 27.2 Å². The van der Waals surface area contributed by atoms with Gasteiger partial charge >= 0.3 is 6.18 Å². The molecule has 2 aromatic carbocycles. The molecule has 0 saturated carbocycles. The van der Waals surface area contributed by atoms with E-state index in [-0.39, 0.29) is 11.1 Å². The van der Waals surface area contributed by atoms with Crippen LogP contribution in [0.2, 0.25) is 0 Å². The summed E-state index contributed by atoms with van der Waals surface area (Å²) in [6, 6.07) is 7.34. The lowest BCUT2D eigenvalue weighted by Crippen LogP contribution is -2.32. The molecule has 3 rings (SSSR count). The topological polar surface area (TPSA) is 37.4 Å². The first-order chi connectivity index (χ1) is 10.7. The van der Waals surface area contributed by atoms with Crippen LogP contribution in [0.1, 0.15) is 31.8 Å². The van der Waals surface area contributed by atoms with Crippen molar-refractivity contribution in [2.45, 2.75) is 13.1 Å². The van der Waals surface area contributed by atoms with Gasteiger partial charge in [0.1, 0.15) is 5.82 Å². The average Bonchev–Trinajstić information content (AvgIpc) is 2.73. The molecule has 0 unspecified atom stereocenters. The van der Waals surface area contributed by atoms with Crippen LogP contribution in [0.3, 0.4) is 0 Å². The van der Waals surface area contributed by atoms with Gasteiger partial charge in [-0.15, -0.1) is 0 Å². The van der Waals surface area contributed by atoms with Crippen LogP contribution in [0.4, 0.5) is 23.2 Å². The van der Waals surface area contributed by atoms with Gasteiger partial charge in [-0.25, -0.2) is 9.29 Å². The van der Waals surface area contributed by atoms with Crippen LogP contribution < -0.4 is 4.90 Å². The van der Waals surface area contributed by atoms with E-state index in [1.165, 1.54) is 24.3 Å². The van der Waals surface area contributed by atoms with Crippen LogP contribution in [-0.2, 0) is 6.18 Å². The van der Waals surface area contributed by atoms with E-state index in [9.17, 15) is 27.2 Å². The third-order valence-electron chi connectivity index (χ3n) is 3.70. The van der Waals surface area contributed by atoms with E-state index in [0.29, 0.717) is 4.90 Å². The molecule has 0 saturated heterocycles. The van der Waals surface area contributed by atoms with E-state index in [1.54, 1.807) is 0 Å². The first-order valence-corrected chi connectivity index (χ1v) is 6.57.